The lowest BCUT2D eigenvalue weighted by Gasteiger charge is -2.10. The minimum atomic E-state index is -0.501. The number of hydrogen-bond donors (Lipinski definition) is 1. The van der Waals surface area contributed by atoms with Gasteiger partial charge >= 0.3 is 11.9 Å². The monoisotopic (exact) mass is 564 g/mol. The summed E-state index contributed by atoms with van der Waals surface area (Å²) in [6.07, 6.45) is 33.6. The molecule has 0 spiro atoms. The smallest absolute Gasteiger partial charge is 0.306 e. The quantitative estimate of drug-likeness (QED) is 0.0534. The van der Waals surface area contributed by atoms with Gasteiger partial charge in [-0.1, -0.05) is 128 Å². The predicted molar refractivity (Wildman–Crippen MR) is 168 cm³/mol. The molecule has 1 N–H and O–H groups in total. The van der Waals surface area contributed by atoms with Crippen LogP contribution < -0.4 is 0 Å². The van der Waals surface area contributed by atoms with Gasteiger partial charge in [0.05, 0.1) is 6.10 Å². The van der Waals surface area contributed by atoms with Gasteiger partial charge in [0.15, 0.2) is 0 Å². The van der Waals surface area contributed by atoms with E-state index in [1.165, 1.54) is 103 Å². The first-order chi connectivity index (χ1) is 19.6. The molecule has 0 fully saturated rings. The van der Waals surface area contributed by atoms with Crippen LogP contribution in [0.15, 0.2) is 24.3 Å². The minimum absolute atomic E-state index is 0.219. The van der Waals surface area contributed by atoms with E-state index in [1.54, 1.807) is 0 Å². The van der Waals surface area contributed by atoms with Crippen molar-refractivity contribution in [1.29, 1.82) is 0 Å². The van der Waals surface area contributed by atoms with Crippen LogP contribution in [0.1, 0.15) is 168 Å². The first-order valence-corrected chi connectivity index (χ1v) is 16.9. The fraction of sp³-hybridized carbons (Fsp3) is 0.829. The van der Waals surface area contributed by atoms with Gasteiger partial charge in [-0.05, 0) is 51.4 Å². The number of aliphatic hydroxyl groups excluding tert-OH is 1. The Morgan fingerprint density at radius 2 is 0.875 bits per heavy atom. The van der Waals surface area contributed by atoms with E-state index < -0.39 is 6.10 Å². The number of hydrogen-bond acceptors (Lipinski definition) is 5. The second kappa shape index (κ2) is 31.9. The first kappa shape index (κ1) is 38.4. The molecule has 5 nitrogen and oxygen atoms in total. The highest BCUT2D eigenvalue weighted by atomic mass is 16.5. The lowest BCUT2D eigenvalue weighted by atomic mass is 10.1. The third-order valence-electron chi connectivity index (χ3n) is 7.30. The topological polar surface area (TPSA) is 72.8 Å². The number of carbonyl (C=O) groups is 2. The van der Waals surface area contributed by atoms with E-state index in [4.69, 9.17) is 9.47 Å². The van der Waals surface area contributed by atoms with Gasteiger partial charge in [-0.15, -0.1) is 0 Å². The second-order valence-corrected chi connectivity index (χ2v) is 11.3. The van der Waals surface area contributed by atoms with Gasteiger partial charge in [0, 0.05) is 12.8 Å². The molecule has 0 aromatic heterocycles. The highest BCUT2D eigenvalue weighted by Crippen LogP contribution is 2.12. The minimum Gasteiger partial charge on any atom is -0.461 e. The zero-order valence-electron chi connectivity index (χ0n) is 26.4. The summed E-state index contributed by atoms with van der Waals surface area (Å²) >= 11 is 0. The summed E-state index contributed by atoms with van der Waals surface area (Å²) in [5, 5.41) is 10.1. The van der Waals surface area contributed by atoms with E-state index in [1.807, 2.05) is 12.2 Å². The number of rotatable bonds is 30. The standard InChI is InChI=1S/C35H64O5/c1-3-5-7-9-11-13-15-17-19-21-23-31-39-34(37)29-25-27-33(36)28-26-30-35(38)40-32-24-22-20-18-16-14-12-10-8-6-4-2/h21-24,33,36H,3-20,25-32H2,1-2H3/b23-21-,24-22-. The molecule has 0 heterocycles. The second-order valence-electron chi connectivity index (χ2n) is 11.3. The number of aliphatic hydroxyl groups is 1. The molecular formula is C35H64O5. The molecule has 0 radical (unpaired) electrons. The molecule has 0 saturated carbocycles. The van der Waals surface area contributed by atoms with Gasteiger partial charge in [-0.2, -0.15) is 0 Å². The molecule has 0 atom stereocenters. The van der Waals surface area contributed by atoms with Crippen LogP contribution in [0.25, 0.3) is 0 Å². The van der Waals surface area contributed by atoms with Crippen LogP contribution in [0.2, 0.25) is 0 Å². The van der Waals surface area contributed by atoms with Crippen LogP contribution in [0.3, 0.4) is 0 Å². The number of carbonyl (C=O) groups excluding carboxylic acids is 2. The molecule has 0 unspecified atom stereocenters. The summed E-state index contributed by atoms with van der Waals surface area (Å²) in [6, 6.07) is 0. The van der Waals surface area contributed by atoms with Crippen molar-refractivity contribution >= 4 is 11.9 Å². The van der Waals surface area contributed by atoms with E-state index in [0.717, 1.165) is 12.8 Å². The van der Waals surface area contributed by atoms with Gasteiger partial charge in [-0.25, -0.2) is 0 Å². The Hall–Kier alpha value is -1.62. The van der Waals surface area contributed by atoms with Crippen LogP contribution in [0.4, 0.5) is 0 Å². The van der Waals surface area contributed by atoms with Gasteiger partial charge < -0.3 is 14.6 Å². The molecular weight excluding hydrogens is 500 g/mol. The van der Waals surface area contributed by atoms with Crippen LogP contribution in [-0.2, 0) is 19.1 Å². The Morgan fingerprint density at radius 1 is 0.525 bits per heavy atom. The van der Waals surface area contributed by atoms with Crippen LogP contribution in [0, 0.1) is 0 Å². The zero-order chi connectivity index (χ0) is 29.4. The summed E-state index contributed by atoms with van der Waals surface area (Å²) in [7, 11) is 0. The van der Waals surface area contributed by atoms with Crippen molar-refractivity contribution < 1.29 is 24.2 Å². The van der Waals surface area contributed by atoms with Crippen LogP contribution >= 0.6 is 0 Å². The number of esters is 2. The Balaban J connectivity index is 3.50. The third kappa shape index (κ3) is 30.9. The summed E-state index contributed by atoms with van der Waals surface area (Å²) in [5.41, 5.74) is 0. The summed E-state index contributed by atoms with van der Waals surface area (Å²) in [4.78, 5) is 23.7. The van der Waals surface area contributed by atoms with E-state index in [9.17, 15) is 14.7 Å². The van der Waals surface area contributed by atoms with Crippen molar-refractivity contribution in [2.45, 2.75) is 174 Å². The average molecular weight is 565 g/mol. The van der Waals surface area contributed by atoms with Crippen molar-refractivity contribution in [1.82, 2.24) is 0 Å². The van der Waals surface area contributed by atoms with Crippen molar-refractivity contribution in [2.75, 3.05) is 13.2 Å². The average Bonchev–Trinajstić information content (AvgIpc) is 2.94. The predicted octanol–water partition coefficient (Wildman–Crippen LogP) is 9.95. The highest BCUT2D eigenvalue weighted by Gasteiger charge is 2.09. The van der Waals surface area contributed by atoms with Gasteiger partial charge in [0.1, 0.15) is 13.2 Å². The Labute approximate surface area is 247 Å². The maximum Gasteiger partial charge on any atom is 0.306 e. The van der Waals surface area contributed by atoms with Crippen LogP contribution in [-0.4, -0.2) is 36.4 Å². The molecule has 0 aliphatic heterocycles. The van der Waals surface area contributed by atoms with E-state index in [2.05, 4.69) is 26.0 Å². The molecule has 0 bridgehead atoms. The zero-order valence-corrected chi connectivity index (χ0v) is 26.4. The largest absolute Gasteiger partial charge is 0.461 e. The molecule has 0 rings (SSSR count). The molecule has 0 aliphatic rings. The maximum atomic E-state index is 11.9. The molecule has 0 amide bonds. The molecule has 0 aromatic carbocycles. The van der Waals surface area contributed by atoms with Crippen molar-refractivity contribution in [3.05, 3.63) is 24.3 Å². The maximum absolute atomic E-state index is 11.9. The number of ether oxygens (including phenoxy) is 2. The summed E-state index contributed by atoms with van der Waals surface area (Å²) in [6.45, 7) is 5.15. The Kier molecular flexibility index (Phi) is 30.6. The number of unbranched alkanes of at least 4 members (excludes halogenated alkanes) is 16. The van der Waals surface area contributed by atoms with E-state index in [-0.39, 0.29) is 11.9 Å². The van der Waals surface area contributed by atoms with Crippen molar-refractivity contribution in [2.24, 2.45) is 0 Å². The van der Waals surface area contributed by atoms with E-state index >= 15 is 0 Å². The molecule has 5 heteroatoms. The normalized spacial score (nSPS) is 11.7. The molecule has 0 aromatic rings. The van der Waals surface area contributed by atoms with Crippen molar-refractivity contribution in [3.8, 4) is 0 Å². The third-order valence-corrected chi connectivity index (χ3v) is 7.30. The molecule has 234 valence electrons. The molecule has 0 aliphatic carbocycles. The first-order valence-electron chi connectivity index (χ1n) is 16.9. The Bertz CT molecular complexity index is 561. The fourth-order valence-corrected chi connectivity index (χ4v) is 4.70. The van der Waals surface area contributed by atoms with Gasteiger partial charge in [0.25, 0.3) is 0 Å². The molecule has 40 heavy (non-hydrogen) atoms. The molecule has 0 saturated heterocycles. The number of allylic oxidation sites excluding steroid dienone is 2. The Morgan fingerprint density at radius 3 is 1.25 bits per heavy atom. The summed E-state index contributed by atoms with van der Waals surface area (Å²) in [5.74, 6) is -0.439. The van der Waals surface area contributed by atoms with E-state index in [0.29, 0.717) is 51.7 Å². The lowest BCUT2D eigenvalue weighted by molar-refractivity contribution is -0.143. The SMILES string of the molecule is CCCCCCCCCC/C=C\COC(=O)CCCC(O)CCCC(=O)OC/C=C\CCCCCCCCCC. The van der Waals surface area contributed by atoms with Crippen molar-refractivity contribution in [3.63, 3.8) is 0 Å². The summed E-state index contributed by atoms with van der Waals surface area (Å²) < 4.78 is 10.5. The van der Waals surface area contributed by atoms with Gasteiger partial charge in [0.2, 0.25) is 0 Å². The lowest BCUT2D eigenvalue weighted by Crippen LogP contribution is -2.11. The van der Waals surface area contributed by atoms with Gasteiger partial charge in [-0.3, -0.25) is 9.59 Å². The highest BCUT2D eigenvalue weighted by molar-refractivity contribution is 5.69. The fourth-order valence-electron chi connectivity index (χ4n) is 4.70. The van der Waals surface area contributed by atoms with Crippen LogP contribution in [0.5, 0.6) is 0 Å².